The number of hydrogen-bond donors (Lipinski definition) is 2. The second-order valence-corrected chi connectivity index (χ2v) is 6.21. The minimum atomic E-state index is -0.0240. The number of urea groups is 1. The largest absolute Gasteiger partial charge is 0.338 e. The summed E-state index contributed by atoms with van der Waals surface area (Å²) < 4.78 is 0. The number of nitrogens with one attached hydrogen (secondary N) is 2. The van der Waals surface area contributed by atoms with Crippen molar-refractivity contribution in [3.63, 3.8) is 0 Å². The molecule has 3 nitrogen and oxygen atoms in total. The Bertz CT molecular complexity index is 392. The lowest BCUT2D eigenvalue weighted by Gasteiger charge is -2.13. The van der Waals surface area contributed by atoms with Gasteiger partial charge in [0.25, 0.3) is 0 Å². The summed E-state index contributed by atoms with van der Waals surface area (Å²) in [4.78, 5) is 12.9. The van der Waals surface area contributed by atoms with Gasteiger partial charge in [0.1, 0.15) is 0 Å². The van der Waals surface area contributed by atoms with Crippen LogP contribution in [0.25, 0.3) is 0 Å². The second kappa shape index (κ2) is 7.43. The normalized spacial score (nSPS) is 15.8. The molecule has 1 unspecified atom stereocenters. The number of thioether (sulfide) groups is 1. The molecule has 0 aromatic heterocycles. The van der Waals surface area contributed by atoms with Crippen LogP contribution in [0.5, 0.6) is 0 Å². The molecule has 1 fully saturated rings. The van der Waals surface area contributed by atoms with Crippen molar-refractivity contribution in [1.82, 2.24) is 10.6 Å². The van der Waals surface area contributed by atoms with Crippen LogP contribution in [-0.2, 0) is 0 Å². The number of hydrogen-bond acceptors (Lipinski definition) is 2. The number of rotatable bonds is 7. The van der Waals surface area contributed by atoms with Gasteiger partial charge >= 0.3 is 6.03 Å². The zero-order valence-corrected chi connectivity index (χ0v) is 12.2. The van der Waals surface area contributed by atoms with Gasteiger partial charge in [0.2, 0.25) is 0 Å². The highest BCUT2D eigenvalue weighted by Crippen LogP contribution is 2.32. The Morgan fingerprint density at radius 1 is 1.37 bits per heavy atom. The van der Waals surface area contributed by atoms with Gasteiger partial charge in [0.15, 0.2) is 0 Å². The summed E-state index contributed by atoms with van der Waals surface area (Å²) in [5, 5.41) is 5.91. The molecule has 4 heteroatoms. The first-order chi connectivity index (χ1) is 9.25. The van der Waals surface area contributed by atoms with Gasteiger partial charge in [-0.2, -0.15) is 0 Å². The van der Waals surface area contributed by atoms with E-state index in [1.165, 1.54) is 17.7 Å². The van der Waals surface area contributed by atoms with E-state index < -0.39 is 0 Å². The van der Waals surface area contributed by atoms with Crippen molar-refractivity contribution in [3.8, 4) is 0 Å². The van der Waals surface area contributed by atoms with Crippen molar-refractivity contribution in [2.75, 3.05) is 12.3 Å². The molecule has 0 spiro atoms. The van der Waals surface area contributed by atoms with Crippen LogP contribution in [-0.4, -0.2) is 24.4 Å². The number of carbonyl (C=O) groups is 1. The predicted octanol–water partition coefficient (Wildman–Crippen LogP) is 3.27. The van der Waals surface area contributed by atoms with Gasteiger partial charge in [-0.15, -0.1) is 11.8 Å². The molecule has 0 saturated heterocycles. The lowest BCUT2D eigenvalue weighted by molar-refractivity contribution is 0.236. The van der Waals surface area contributed by atoms with Crippen LogP contribution in [0.15, 0.2) is 35.2 Å². The molecule has 104 valence electrons. The molecule has 19 heavy (non-hydrogen) atoms. The fraction of sp³-hybridized carbons (Fsp3) is 0.533. The maximum absolute atomic E-state index is 11.6. The Kier molecular flexibility index (Phi) is 5.58. The van der Waals surface area contributed by atoms with Gasteiger partial charge in [-0.05, 0) is 50.0 Å². The molecule has 1 aliphatic rings. The predicted molar refractivity (Wildman–Crippen MR) is 80.5 cm³/mol. The van der Waals surface area contributed by atoms with Crippen molar-refractivity contribution in [2.45, 2.75) is 37.1 Å². The summed E-state index contributed by atoms with van der Waals surface area (Å²) in [6.07, 6.45) is 3.51. The van der Waals surface area contributed by atoms with E-state index in [1.807, 2.05) is 30.0 Å². The summed E-state index contributed by atoms with van der Waals surface area (Å²) in [5.74, 6) is 1.74. The van der Waals surface area contributed by atoms with Crippen LogP contribution in [0.4, 0.5) is 4.79 Å². The second-order valence-electron chi connectivity index (χ2n) is 5.04. The van der Waals surface area contributed by atoms with E-state index in [4.69, 9.17) is 0 Å². The third-order valence-electron chi connectivity index (χ3n) is 3.31. The smallest absolute Gasteiger partial charge is 0.315 e. The van der Waals surface area contributed by atoms with Gasteiger partial charge in [0, 0.05) is 17.5 Å². The van der Waals surface area contributed by atoms with Gasteiger partial charge < -0.3 is 10.6 Å². The molecule has 1 aliphatic carbocycles. The first kappa shape index (κ1) is 14.3. The van der Waals surface area contributed by atoms with Gasteiger partial charge in [-0.3, -0.25) is 0 Å². The lowest BCUT2D eigenvalue weighted by Crippen LogP contribution is -2.42. The molecule has 2 rings (SSSR count). The molecule has 2 N–H and O–H groups in total. The van der Waals surface area contributed by atoms with Crippen LogP contribution in [0.1, 0.15) is 26.2 Å². The van der Waals surface area contributed by atoms with Crippen LogP contribution in [0.2, 0.25) is 0 Å². The molecule has 0 radical (unpaired) electrons. The summed E-state index contributed by atoms with van der Waals surface area (Å²) in [6.45, 7) is 2.82. The Morgan fingerprint density at radius 3 is 2.79 bits per heavy atom. The molecule has 1 aromatic carbocycles. The first-order valence-corrected chi connectivity index (χ1v) is 7.96. The fourth-order valence-electron chi connectivity index (χ4n) is 1.95. The summed E-state index contributed by atoms with van der Waals surface area (Å²) >= 11 is 1.83. The van der Waals surface area contributed by atoms with Crippen LogP contribution in [0, 0.1) is 5.92 Å². The monoisotopic (exact) mass is 278 g/mol. The topological polar surface area (TPSA) is 41.1 Å². The van der Waals surface area contributed by atoms with Gasteiger partial charge in [-0.1, -0.05) is 18.2 Å². The third-order valence-corrected chi connectivity index (χ3v) is 4.40. The van der Waals surface area contributed by atoms with E-state index in [9.17, 15) is 4.79 Å². The van der Waals surface area contributed by atoms with Gasteiger partial charge in [-0.25, -0.2) is 4.79 Å². The third kappa shape index (κ3) is 5.55. The highest BCUT2D eigenvalue weighted by Gasteiger charge is 2.28. The molecule has 2 amide bonds. The van der Waals surface area contributed by atoms with E-state index in [2.05, 4.69) is 29.7 Å². The van der Waals surface area contributed by atoms with Crippen LogP contribution < -0.4 is 10.6 Å². The molecule has 0 bridgehead atoms. The van der Waals surface area contributed by atoms with Crippen molar-refractivity contribution in [1.29, 1.82) is 0 Å². The van der Waals surface area contributed by atoms with Crippen LogP contribution >= 0.6 is 11.8 Å². The Balaban J connectivity index is 1.50. The molecule has 1 atom stereocenters. The lowest BCUT2D eigenvalue weighted by atomic mass is 10.2. The van der Waals surface area contributed by atoms with Crippen LogP contribution in [0.3, 0.4) is 0 Å². The van der Waals surface area contributed by atoms with Gasteiger partial charge in [0.05, 0.1) is 0 Å². The summed E-state index contributed by atoms with van der Waals surface area (Å²) in [7, 11) is 0. The maximum Gasteiger partial charge on any atom is 0.315 e. The van der Waals surface area contributed by atoms with E-state index in [0.717, 1.165) is 18.7 Å². The highest BCUT2D eigenvalue weighted by atomic mass is 32.2. The highest BCUT2D eigenvalue weighted by molar-refractivity contribution is 7.99. The molecular formula is C15H22N2OS. The minimum Gasteiger partial charge on any atom is -0.338 e. The fourth-order valence-corrected chi connectivity index (χ4v) is 2.83. The SMILES string of the molecule is CC(NC(=O)NCCCSc1ccccc1)C1CC1. The first-order valence-electron chi connectivity index (χ1n) is 6.98. The van der Waals surface area contributed by atoms with Crippen molar-refractivity contribution in [2.24, 2.45) is 5.92 Å². The quantitative estimate of drug-likeness (QED) is 0.594. The number of amides is 2. The zero-order valence-electron chi connectivity index (χ0n) is 11.4. The Hall–Kier alpha value is -1.16. The van der Waals surface area contributed by atoms with Crippen molar-refractivity contribution >= 4 is 17.8 Å². The number of benzene rings is 1. The van der Waals surface area contributed by atoms with E-state index in [0.29, 0.717) is 12.0 Å². The maximum atomic E-state index is 11.6. The Morgan fingerprint density at radius 2 is 2.11 bits per heavy atom. The molecular weight excluding hydrogens is 256 g/mol. The zero-order chi connectivity index (χ0) is 13.5. The van der Waals surface area contributed by atoms with E-state index in [1.54, 1.807) is 0 Å². The molecule has 0 aliphatic heterocycles. The molecule has 1 saturated carbocycles. The average molecular weight is 278 g/mol. The van der Waals surface area contributed by atoms with E-state index >= 15 is 0 Å². The number of carbonyl (C=O) groups excluding carboxylic acids is 1. The molecule has 1 aromatic rings. The minimum absolute atomic E-state index is 0.0240. The Labute approximate surface area is 119 Å². The van der Waals surface area contributed by atoms with E-state index in [-0.39, 0.29) is 6.03 Å². The standard InChI is InChI=1S/C15H22N2OS/c1-12(13-8-9-13)17-15(18)16-10-5-11-19-14-6-3-2-4-7-14/h2-4,6-7,12-13H,5,8-11H2,1H3,(H2,16,17,18). The van der Waals surface area contributed by atoms with Crippen molar-refractivity contribution < 1.29 is 4.79 Å². The summed E-state index contributed by atoms with van der Waals surface area (Å²) in [6, 6.07) is 10.6. The summed E-state index contributed by atoms with van der Waals surface area (Å²) in [5.41, 5.74) is 0. The average Bonchev–Trinajstić information content (AvgIpc) is 3.24. The molecule has 0 heterocycles. The van der Waals surface area contributed by atoms with Crippen molar-refractivity contribution in [3.05, 3.63) is 30.3 Å².